The molecule has 1 aromatic heterocycles. The van der Waals surface area contributed by atoms with E-state index in [-0.39, 0.29) is 12.4 Å². The Kier molecular flexibility index (Phi) is 7.25. The van der Waals surface area contributed by atoms with E-state index in [0.29, 0.717) is 24.6 Å². The molecule has 140 valence electrons. The van der Waals surface area contributed by atoms with E-state index in [2.05, 4.69) is 20.6 Å². The lowest BCUT2D eigenvalue weighted by atomic mass is 10.2. The quantitative estimate of drug-likeness (QED) is 0.583. The van der Waals surface area contributed by atoms with Crippen LogP contribution in [0.2, 0.25) is 0 Å². The van der Waals surface area contributed by atoms with Gasteiger partial charge in [-0.1, -0.05) is 36.4 Å². The largest absolute Gasteiger partial charge is 0.468 e. The Morgan fingerprint density at radius 2 is 1.88 bits per heavy atom. The third-order valence-corrected chi connectivity index (χ3v) is 3.28. The van der Waals surface area contributed by atoms with Crippen molar-refractivity contribution in [2.24, 2.45) is 4.99 Å². The molecule has 0 atom stereocenters. The molecule has 2 rings (SSSR count). The Labute approximate surface area is 150 Å². The summed E-state index contributed by atoms with van der Waals surface area (Å²) < 4.78 is 41.8. The van der Waals surface area contributed by atoms with Crippen LogP contribution in [0.1, 0.15) is 18.1 Å². The van der Waals surface area contributed by atoms with Crippen molar-refractivity contribution in [3.8, 4) is 5.88 Å². The van der Waals surface area contributed by atoms with Gasteiger partial charge in [0.15, 0.2) is 12.6 Å². The van der Waals surface area contributed by atoms with Crippen LogP contribution < -0.4 is 15.4 Å². The molecule has 5 nitrogen and oxygen atoms in total. The van der Waals surface area contributed by atoms with Gasteiger partial charge in [-0.3, -0.25) is 0 Å². The van der Waals surface area contributed by atoms with Crippen LogP contribution in [0, 0.1) is 0 Å². The molecule has 0 fully saturated rings. The Balaban J connectivity index is 2.00. The van der Waals surface area contributed by atoms with Crippen LogP contribution in [-0.2, 0) is 13.1 Å². The molecular weight excluding hydrogens is 345 g/mol. The highest BCUT2D eigenvalue weighted by molar-refractivity contribution is 5.79. The maximum absolute atomic E-state index is 12.4. The third kappa shape index (κ3) is 7.00. The number of nitrogens with one attached hydrogen (secondary N) is 2. The number of pyridine rings is 1. The van der Waals surface area contributed by atoms with Gasteiger partial charge in [-0.15, -0.1) is 0 Å². The first-order valence-corrected chi connectivity index (χ1v) is 8.17. The van der Waals surface area contributed by atoms with Crippen molar-refractivity contribution < 1.29 is 17.9 Å². The molecule has 0 amide bonds. The minimum absolute atomic E-state index is 0.0452. The number of ether oxygens (including phenoxy) is 1. The van der Waals surface area contributed by atoms with E-state index in [1.165, 1.54) is 6.20 Å². The number of rotatable bonds is 7. The maximum Gasteiger partial charge on any atom is 0.422 e. The number of aromatic nitrogens is 1. The zero-order valence-electron chi connectivity index (χ0n) is 14.4. The highest BCUT2D eigenvalue weighted by Crippen LogP contribution is 2.19. The fourth-order valence-electron chi connectivity index (χ4n) is 2.11. The second kappa shape index (κ2) is 9.65. The van der Waals surface area contributed by atoms with Crippen LogP contribution in [0.25, 0.3) is 0 Å². The van der Waals surface area contributed by atoms with E-state index < -0.39 is 12.8 Å². The van der Waals surface area contributed by atoms with Gasteiger partial charge in [0.1, 0.15) is 0 Å². The monoisotopic (exact) mass is 366 g/mol. The van der Waals surface area contributed by atoms with Crippen molar-refractivity contribution in [3.05, 3.63) is 59.8 Å². The van der Waals surface area contributed by atoms with Crippen molar-refractivity contribution >= 4 is 5.96 Å². The number of aliphatic imine (C=N–C) groups is 1. The summed E-state index contributed by atoms with van der Waals surface area (Å²) in [6.07, 6.45) is -3.02. The smallest absolute Gasteiger partial charge is 0.422 e. The Bertz CT molecular complexity index is 705. The first-order valence-electron chi connectivity index (χ1n) is 8.17. The molecule has 0 radical (unpaired) electrons. The van der Waals surface area contributed by atoms with Crippen molar-refractivity contribution in [1.29, 1.82) is 0 Å². The van der Waals surface area contributed by atoms with Crippen molar-refractivity contribution in [2.45, 2.75) is 26.2 Å². The van der Waals surface area contributed by atoms with Crippen LogP contribution in [0.5, 0.6) is 5.88 Å². The molecular formula is C18H21F3N4O. The van der Waals surface area contributed by atoms with Gasteiger partial charge in [0.2, 0.25) is 5.88 Å². The van der Waals surface area contributed by atoms with E-state index >= 15 is 0 Å². The summed E-state index contributed by atoms with van der Waals surface area (Å²) in [7, 11) is 0. The molecule has 0 aliphatic carbocycles. The Morgan fingerprint density at radius 3 is 2.58 bits per heavy atom. The van der Waals surface area contributed by atoms with E-state index in [9.17, 15) is 13.2 Å². The number of hydrogen-bond donors (Lipinski definition) is 2. The molecule has 0 saturated heterocycles. The molecule has 2 aromatic rings. The molecule has 0 aliphatic heterocycles. The maximum atomic E-state index is 12.4. The lowest BCUT2D eigenvalue weighted by molar-refractivity contribution is -0.154. The molecule has 8 heteroatoms. The molecule has 2 N–H and O–H groups in total. The Morgan fingerprint density at radius 1 is 1.12 bits per heavy atom. The number of alkyl halides is 3. The van der Waals surface area contributed by atoms with Gasteiger partial charge in [0.05, 0.1) is 6.54 Å². The van der Waals surface area contributed by atoms with Crippen molar-refractivity contribution in [1.82, 2.24) is 15.6 Å². The zero-order valence-corrected chi connectivity index (χ0v) is 14.4. The lowest BCUT2D eigenvalue weighted by Crippen LogP contribution is -2.37. The summed E-state index contributed by atoms with van der Waals surface area (Å²) >= 11 is 0. The number of hydrogen-bond acceptors (Lipinski definition) is 3. The van der Waals surface area contributed by atoms with Crippen LogP contribution in [-0.4, -0.2) is 30.3 Å². The van der Waals surface area contributed by atoms with E-state index in [1.54, 1.807) is 12.1 Å². The first kappa shape index (κ1) is 19.6. The lowest BCUT2D eigenvalue weighted by Gasteiger charge is -2.14. The molecule has 26 heavy (non-hydrogen) atoms. The van der Waals surface area contributed by atoms with Crippen LogP contribution in [0.4, 0.5) is 13.2 Å². The number of nitrogens with zero attached hydrogens (tertiary/aromatic N) is 2. The van der Waals surface area contributed by atoms with Crippen molar-refractivity contribution in [3.63, 3.8) is 0 Å². The summed E-state index contributed by atoms with van der Waals surface area (Å²) in [5, 5.41) is 6.18. The molecule has 1 aromatic carbocycles. The average molecular weight is 366 g/mol. The summed E-state index contributed by atoms with van der Waals surface area (Å²) in [6, 6.07) is 13.0. The third-order valence-electron chi connectivity index (χ3n) is 3.28. The minimum Gasteiger partial charge on any atom is -0.468 e. The Hall–Kier alpha value is -2.77. The van der Waals surface area contributed by atoms with Gasteiger partial charge in [-0.05, 0) is 18.6 Å². The summed E-state index contributed by atoms with van der Waals surface area (Å²) in [6.45, 7) is 1.94. The summed E-state index contributed by atoms with van der Waals surface area (Å²) in [5.74, 6) is 0.512. The van der Waals surface area contributed by atoms with Crippen LogP contribution in [0.15, 0.2) is 53.7 Å². The molecule has 0 aliphatic rings. The predicted molar refractivity (Wildman–Crippen MR) is 93.9 cm³/mol. The first-order chi connectivity index (χ1) is 12.5. The highest BCUT2D eigenvalue weighted by atomic mass is 19.4. The van der Waals surface area contributed by atoms with Gasteiger partial charge < -0.3 is 15.4 Å². The van der Waals surface area contributed by atoms with Gasteiger partial charge in [-0.25, -0.2) is 9.98 Å². The molecule has 0 unspecified atom stereocenters. The van der Waals surface area contributed by atoms with Gasteiger partial charge in [0, 0.05) is 24.8 Å². The second-order valence-corrected chi connectivity index (χ2v) is 5.41. The second-order valence-electron chi connectivity index (χ2n) is 5.41. The fourth-order valence-corrected chi connectivity index (χ4v) is 2.11. The average Bonchev–Trinajstić information content (AvgIpc) is 2.63. The van der Waals surface area contributed by atoms with Gasteiger partial charge in [0.25, 0.3) is 0 Å². The molecule has 1 heterocycles. The molecule has 0 bridgehead atoms. The van der Waals surface area contributed by atoms with Crippen molar-refractivity contribution in [2.75, 3.05) is 13.2 Å². The normalized spacial score (nSPS) is 11.9. The van der Waals surface area contributed by atoms with Crippen LogP contribution >= 0.6 is 0 Å². The van der Waals surface area contributed by atoms with E-state index in [0.717, 1.165) is 5.56 Å². The number of benzene rings is 1. The topological polar surface area (TPSA) is 58.5 Å². The predicted octanol–water partition coefficient (Wildman–Crippen LogP) is 3.28. The highest BCUT2D eigenvalue weighted by Gasteiger charge is 2.29. The summed E-state index contributed by atoms with van der Waals surface area (Å²) in [5.41, 5.74) is 1.57. The van der Waals surface area contributed by atoms with E-state index in [1.807, 2.05) is 37.3 Å². The fraction of sp³-hybridized carbons (Fsp3) is 0.333. The standard InChI is InChI=1S/C18H21F3N4O/c1-2-22-17(24-11-14-7-4-3-5-8-14)25-12-15-9-6-10-23-16(15)26-13-18(19,20)21/h3-10H,2,11-13H2,1H3,(H2,22,24,25). The van der Waals surface area contributed by atoms with Gasteiger partial charge >= 0.3 is 6.18 Å². The minimum atomic E-state index is -4.41. The molecule has 0 saturated carbocycles. The van der Waals surface area contributed by atoms with Crippen LogP contribution in [0.3, 0.4) is 0 Å². The zero-order chi connectivity index (χ0) is 18.8. The van der Waals surface area contributed by atoms with Gasteiger partial charge in [-0.2, -0.15) is 13.2 Å². The van der Waals surface area contributed by atoms with E-state index in [4.69, 9.17) is 4.74 Å². The summed E-state index contributed by atoms with van der Waals surface area (Å²) in [4.78, 5) is 8.34. The SMILES string of the molecule is CCNC(=NCc1ccccc1)NCc1cccnc1OCC(F)(F)F. The number of guanidine groups is 1. The number of halogens is 3. The molecule has 0 spiro atoms.